The number of alkyl halides is 1. The van der Waals surface area contributed by atoms with Gasteiger partial charge < -0.3 is 0 Å². The monoisotopic (exact) mass is 197 g/mol. The first-order chi connectivity index (χ1) is 4.81. The van der Waals surface area contributed by atoms with Crippen molar-refractivity contribution < 1.29 is 0 Å². The van der Waals surface area contributed by atoms with Gasteiger partial charge in [0.05, 0.1) is 0 Å². The average Bonchev–Trinajstić information content (AvgIpc) is 2.72. The first-order valence-corrected chi connectivity index (χ1v) is 3.65. The Balaban J connectivity index is 2.36. The smallest absolute Gasteiger partial charge is 0.256 e. The molecule has 1 aliphatic heterocycles. The third-order valence-corrected chi connectivity index (χ3v) is 1.99. The fourth-order valence-electron chi connectivity index (χ4n) is 0.697. The van der Waals surface area contributed by atoms with Gasteiger partial charge in [0.15, 0.2) is 0 Å². The molecule has 0 saturated carbocycles. The Morgan fingerprint density at radius 1 is 1.30 bits per heavy atom. The molecule has 1 aromatic rings. The Bertz CT molecular complexity index is 264. The Hall–Kier alpha value is -0.770. The van der Waals surface area contributed by atoms with Gasteiger partial charge in [0.1, 0.15) is 5.69 Å². The first-order valence-electron chi connectivity index (χ1n) is 2.86. The molecule has 1 aromatic heterocycles. The lowest BCUT2D eigenvalue weighted by Crippen LogP contribution is -1.98. The normalized spacial score (nSPS) is 18.9. The van der Waals surface area contributed by atoms with Gasteiger partial charge in [0.25, 0.3) is 4.57 Å². The molecule has 4 heteroatoms. The van der Waals surface area contributed by atoms with E-state index < -0.39 is 4.57 Å². The highest BCUT2D eigenvalue weighted by atomic mass is 79.9. The van der Waals surface area contributed by atoms with Gasteiger partial charge in [-0.25, -0.2) is 0 Å². The summed E-state index contributed by atoms with van der Waals surface area (Å²) in [4.78, 5) is 4.08. The lowest BCUT2D eigenvalue weighted by Gasteiger charge is -1.97. The Kier molecular flexibility index (Phi) is 1.11. The van der Waals surface area contributed by atoms with Crippen LogP contribution < -0.4 is 0 Å². The minimum atomic E-state index is -0.506. The van der Waals surface area contributed by atoms with Gasteiger partial charge in [-0.2, -0.15) is 0 Å². The largest absolute Gasteiger partial charge is 0.285 e. The van der Waals surface area contributed by atoms with E-state index in [1.807, 2.05) is 18.2 Å². The minimum absolute atomic E-state index is 0.506. The van der Waals surface area contributed by atoms with Crippen molar-refractivity contribution in [3.05, 3.63) is 30.1 Å². The van der Waals surface area contributed by atoms with Gasteiger partial charge in [-0.15, -0.1) is 10.2 Å². The molecule has 1 aliphatic rings. The van der Waals surface area contributed by atoms with Crippen molar-refractivity contribution >= 4 is 15.9 Å². The molecule has 0 N–H and O–H groups in total. The standard InChI is InChI=1S/C6H4BrN3/c7-6(9-10-6)5-3-1-2-4-8-5/h1-4H. The summed E-state index contributed by atoms with van der Waals surface area (Å²) >= 11 is 3.30. The summed E-state index contributed by atoms with van der Waals surface area (Å²) in [5, 5.41) is 7.57. The predicted octanol–water partition coefficient (Wildman–Crippen LogP) is 2.05. The summed E-state index contributed by atoms with van der Waals surface area (Å²) in [5.41, 5.74) is 0.843. The molecule has 0 saturated heterocycles. The van der Waals surface area contributed by atoms with Crippen LogP contribution in [0.5, 0.6) is 0 Å². The molecular weight excluding hydrogens is 194 g/mol. The second-order valence-electron chi connectivity index (χ2n) is 2.00. The van der Waals surface area contributed by atoms with Crippen LogP contribution in [0.1, 0.15) is 5.69 Å². The molecule has 0 unspecified atom stereocenters. The maximum absolute atomic E-state index is 4.08. The fraction of sp³-hybridized carbons (Fsp3) is 0.167. The minimum Gasteiger partial charge on any atom is -0.256 e. The Labute approximate surface area is 66.3 Å². The summed E-state index contributed by atoms with van der Waals surface area (Å²) in [7, 11) is 0. The van der Waals surface area contributed by atoms with Crippen molar-refractivity contribution in [1.82, 2.24) is 4.98 Å². The molecule has 50 valence electrons. The number of hydrogen-bond donors (Lipinski definition) is 0. The van der Waals surface area contributed by atoms with E-state index >= 15 is 0 Å². The van der Waals surface area contributed by atoms with E-state index in [4.69, 9.17) is 0 Å². The van der Waals surface area contributed by atoms with E-state index in [1.54, 1.807) is 6.20 Å². The van der Waals surface area contributed by atoms with E-state index in [1.165, 1.54) is 0 Å². The van der Waals surface area contributed by atoms with Crippen LogP contribution in [-0.4, -0.2) is 4.98 Å². The molecule has 0 fully saturated rings. The summed E-state index contributed by atoms with van der Waals surface area (Å²) in [6.45, 7) is 0. The van der Waals surface area contributed by atoms with E-state index in [0.717, 1.165) is 5.69 Å². The predicted molar refractivity (Wildman–Crippen MR) is 39.7 cm³/mol. The molecule has 2 rings (SSSR count). The molecule has 0 aliphatic carbocycles. The van der Waals surface area contributed by atoms with Gasteiger partial charge in [-0.1, -0.05) is 6.07 Å². The van der Waals surface area contributed by atoms with E-state index in [0.29, 0.717) is 0 Å². The Morgan fingerprint density at radius 2 is 2.10 bits per heavy atom. The molecule has 10 heavy (non-hydrogen) atoms. The molecule has 0 atom stereocenters. The van der Waals surface area contributed by atoms with Crippen molar-refractivity contribution in [3.8, 4) is 0 Å². The SMILES string of the molecule is BrC1(c2ccccn2)N=N1. The molecule has 2 heterocycles. The van der Waals surface area contributed by atoms with Crippen LogP contribution in [-0.2, 0) is 4.57 Å². The highest BCUT2D eigenvalue weighted by Crippen LogP contribution is 2.44. The maximum Gasteiger partial charge on any atom is 0.285 e. The molecule has 0 spiro atoms. The topological polar surface area (TPSA) is 37.6 Å². The maximum atomic E-state index is 4.08. The van der Waals surface area contributed by atoms with E-state index in [-0.39, 0.29) is 0 Å². The van der Waals surface area contributed by atoms with Crippen molar-refractivity contribution in [2.24, 2.45) is 10.2 Å². The third kappa shape index (κ3) is 0.844. The third-order valence-electron chi connectivity index (χ3n) is 1.27. The molecule has 0 amide bonds. The highest BCUT2D eigenvalue weighted by molar-refractivity contribution is 9.09. The summed E-state index contributed by atoms with van der Waals surface area (Å²) in [5.74, 6) is 0. The van der Waals surface area contributed by atoms with Crippen LogP contribution in [0.4, 0.5) is 0 Å². The summed E-state index contributed by atoms with van der Waals surface area (Å²) < 4.78 is -0.506. The summed E-state index contributed by atoms with van der Waals surface area (Å²) in [6, 6.07) is 5.66. The lowest BCUT2D eigenvalue weighted by atomic mass is 10.3. The van der Waals surface area contributed by atoms with Crippen molar-refractivity contribution in [2.45, 2.75) is 4.57 Å². The zero-order valence-electron chi connectivity index (χ0n) is 5.03. The van der Waals surface area contributed by atoms with E-state index in [2.05, 4.69) is 31.1 Å². The van der Waals surface area contributed by atoms with Crippen molar-refractivity contribution in [3.63, 3.8) is 0 Å². The van der Waals surface area contributed by atoms with Gasteiger partial charge in [-0.05, 0) is 28.1 Å². The second-order valence-corrected chi connectivity index (χ2v) is 3.11. The van der Waals surface area contributed by atoms with Crippen molar-refractivity contribution in [2.75, 3.05) is 0 Å². The molecule has 3 nitrogen and oxygen atoms in total. The van der Waals surface area contributed by atoms with Crippen LogP contribution in [0, 0.1) is 0 Å². The number of halogens is 1. The second kappa shape index (κ2) is 1.85. The van der Waals surface area contributed by atoms with Gasteiger partial charge in [-0.3, -0.25) is 4.98 Å². The van der Waals surface area contributed by atoms with E-state index in [9.17, 15) is 0 Å². The number of aromatic nitrogens is 1. The van der Waals surface area contributed by atoms with Crippen LogP contribution >= 0.6 is 15.9 Å². The Morgan fingerprint density at radius 3 is 2.60 bits per heavy atom. The lowest BCUT2D eigenvalue weighted by molar-refractivity contribution is 0.915. The highest BCUT2D eigenvalue weighted by Gasteiger charge is 2.40. The average molecular weight is 198 g/mol. The number of hydrogen-bond acceptors (Lipinski definition) is 3. The quantitative estimate of drug-likeness (QED) is 0.502. The fourth-order valence-corrected chi connectivity index (χ4v) is 1.01. The van der Waals surface area contributed by atoms with Gasteiger partial charge in [0.2, 0.25) is 0 Å². The molecule has 0 aromatic carbocycles. The van der Waals surface area contributed by atoms with Crippen LogP contribution in [0.15, 0.2) is 34.6 Å². The summed E-state index contributed by atoms with van der Waals surface area (Å²) in [6.07, 6.45) is 1.72. The van der Waals surface area contributed by atoms with Gasteiger partial charge in [0, 0.05) is 6.20 Å². The zero-order chi connectivity index (χ0) is 7.03. The number of nitrogens with zero attached hydrogens (tertiary/aromatic N) is 3. The van der Waals surface area contributed by atoms with Crippen LogP contribution in [0.2, 0.25) is 0 Å². The first kappa shape index (κ1) is 5.97. The van der Waals surface area contributed by atoms with Gasteiger partial charge >= 0.3 is 0 Å². The number of rotatable bonds is 1. The molecular formula is C6H4BrN3. The zero-order valence-corrected chi connectivity index (χ0v) is 6.62. The van der Waals surface area contributed by atoms with Crippen LogP contribution in [0.25, 0.3) is 0 Å². The van der Waals surface area contributed by atoms with Crippen LogP contribution in [0.3, 0.4) is 0 Å². The molecule has 0 bridgehead atoms. The molecule has 0 radical (unpaired) electrons. The van der Waals surface area contributed by atoms with Crippen molar-refractivity contribution in [1.29, 1.82) is 0 Å². The number of pyridine rings is 1.